The van der Waals surface area contributed by atoms with Crippen molar-refractivity contribution in [3.05, 3.63) is 40.7 Å². The van der Waals surface area contributed by atoms with Gasteiger partial charge in [0.05, 0.1) is 11.3 Å². The van der Waals surface area contributed by atoms with Crippen LogP contribution >= 0.6 is 0 Å². The number of carbonyl (C=O) groups excluding carboxylic acids is 1. The Labute approximate surface area is 149 Å². The van der Waals surface area contributed by atoms with Gasteiger partial charge in [-0.2, -0.15) is 13.2 Å². The van der Waals surface area contributed by atoms with E-state index in [0.29, 0.717) is 23.7 Å². The van der Waals surface area contributed by atoms with Crippen LogP contribution in [0.15, 0.2) is 18.2 Å². The number of carbonyl (C=O) groups is 1. The number of alkyl halides is 3. The van der Waals surface area contributed by atoms with Crippen molar-refractivity contribution in [3.63, 3.8) is 0 Å². The molecule has 1 N–H and O–H groups in total. The van der Waals surface area contributed by atoms with E-state index in [1.165, 1.54) is 18.9 Å². The molecule has 3 rings (SSSR count). The van der Waals surface area contributed by atoms with Crippen LogP contribution in [-0.4, -0.2) is 20.9 Å². The zero-order valence-electron chi connectivity index (χ0n) is 14.7. The third kappa shape index (κ3) is 3.89. The summed E-state index contributed by atoms with van der Waals surface area (Å²) < 4.78 is 40.4. The number of amides is 1. The highest BCUT2D eigenvalue weighted by Crippen LogP contribution is 2.32. The van der Waals surface area contributed by atoms with E-state index in [2.05, 4.69) is 15.6 Å². The molecule has 1 heterocycles. The Kier molecular flexibility index (Phi) is 5.02. The standard InChI is InChI=1S/C18H21F3N4O/c1-11-7-8-14(18(19,20)21)9-15(11)22-17(26)16-12(2)25(24-23-16)10-13-5-3-4-6-13/h7-9,13H,3-6,10H2,1-2H3,(H,22,26). The summed E-state index contributed by atoms with van der Waals surface area (Å²) in [7, 11) is 0. The van der Waals surface area contributed by atoms with Gasteiger partial charge in [0.2, 0.25) is 0 Å². The van der Waals surface area contributed by atoms with Gasteiger partial charge in [0, 0.05) is 12.2 Å². The molecule has 0 radical (unpaired) electrons. The Bertz CT molecular complexity index is 807. The fourth-order valence-corrected chi connectivity index (χ4v) is 3.30. The SMILES string of the molecule is Cc1ccc(C(F)(F)F)cc1NC(=O)c1nnn(CC2CCCC2)c1C. The predicted molar refractivity (Wildman–Crippen MR) is 90.9 cm³/mol. The molecule has 2 aromatic rings. The Hall–Kier alpha value is -2.38. The third-order valence-electron chi connectivity index (χ3n) is 4.92. The van der Waals surface area contributed by atoms with Gasteiger partial charge in [-0.3, -0.25) is 4.79 Å². The summed E-state index contributed by atoms with van der Waals surface area (Å²) in [6.07, 6.45) is 0.239. The van der Waals surface area contributed by atoms with Crippen molar-refractivity contribution in [1.82, 2.24) is 15.0 Å². The van der Waals surface area contributed by atoms with E-state index in [4.69, 9.17) is 0 Å². The summed E-state index contributed by atoms with van der Waals surface area (Å²) in [5, 5.41) is 10.5. The van der Waals surface area contributed by atoms with Crippen LogP contribution in [0.3, 0.4) is 0 Å². The first kappa shape index (κ1) is 18.4. The average Bonchev–Trinajstić information content (AvgIpc) is 3.19. The second-order valence-electron chi connectivity index (χ2n) is 6.84. The maximum atomic E-state index is 12.9. The first-order chi connectivity index (χ1) is 12.3. The highest BCUT2D eigenvalue weighted by Gasteiger charge is 2.31. The molecule has 1 amide bonds. The molecule has 1 aliphatic carbocycles. The summed E-state index contributed by atoms with van der Waals surface area (Å²) in [5.74, 6) is -0.0142. The van der Waals surface area contributed by atoms with Crippen molar-refractivity contribution >= 4 is 11.6 Å². The number of nitrogens with zero attached hydrogens (tertiary/aromatic N) is 3. The van der Waals surface area contributed by atoms with Crippen LogP contribution in [0.25, 0.3) is 0 Å². The topological polar surface area (TPSA) is 59.8 Å². The van der Waals surface area contributed by atoms with Crippen LogP contribution in [-0.2, 0) is 12.7 Å². The van der Waals surface area contributed by atoms with E-state index in [-0.39, 0.29) is 11.4 Å². The van der Waals surface area contributed by atoms with Crippen LogP contribution in [0.5, 0.6) is 0 Å². The molecule has 0 spiro atoms. The summed E-state index contributed by atoms with van der Waals surface area (Å²) in [6, 6.07) is 3.27. The summed E-state index contributed by atoms with van der Waals surface area (Å²) in [4.78, 5) is 12.5. The van der Waals surface area contributed by atoms with Gasteiger partial charge in [0.1, 0.15) is 0 Å². The van der Waals surface area contributed by atoms with E-state index >= 15 is 0 Å². The fourth-order valence-electron chi connectivity index (χ4n) is 3.30. The van der Waals surface area contributed by atoms with Gasteiger partial charge >= 0.3 is 6.18 Å². The zero-order chi connectivity index (χ0) is 18.9. The number of aromatic nitrogens is 3. The van der Waals surface area contributed by atoms with Crippen molar-refractivity contribution in [3.8, 4) is 0 Å². The van der Waals surface area contributed by atoms with Gasteiger partial charge in [0.15, 0.2) is 5.69 Å². The maximum absolute atomic E-state index is 12.9. The maximum Gasteiger partial charge on any atom is 0.416 e. The van der Waals surface area contributed by atoms with Gasteiger partial charge in [-0.25, -0.2) is 4.68 Å². The largest absolute Gasteiger partial charge is 0.416 e. The van der Waals surface area contributed by atoms with Gasteiger partial charge in [0.25, 0.3) is 5.91 Å². The summed E-state index contributed by atoms with van der Waals surface area (Å²) >= 11 is 0. The quantitative estimate of drug-likeness (QED) is 0.875. The fraction of sp³-hybridized carbons (Fsp3) is 0.500. The van der Waals surface area contributed by atoms with Gasteiger partial charge < -0.3 is 5.32 Å². The van der Waals surface area contributed by atoms with E-state index in [1.807, 2.05) is 0 Å². The zero-order valence-corrected chi connectivity index (χ0v) is 14.7. The number of hydrogen-bond acceptors (Lipinski definition) is 3. The molecule has 0 saturated heterocycles. The third-order valence-corrected chi connectivity index (χ3v) is 4.92. The monoisotopic (exact) mass is 366 g/mol. The molecule has 26 heavy (non-hydrogen) atoms. The van der Waals surface area contributed by atoms with Crippen molar-refractivity contribution in [2.75, 3.05) is 5.32 Å². The molecule has 8 heteroatoms. The number of nitrogens with one attached hydrogen (secondary N) is 1. The second kappa shape index (κ2) is 7.09. The molecule has 5 nitrogen and oxygen atoms in total. The van der Waals surface area contributed by atoms with Crippen molar-refractivity contribution in [2.24, 2.45) is 5.92 Å². The molecule has 1 saturated carbocycles. The Morgan fingerprint density at radius 2 is 1.96 bits per heavy atom. The van der Waals surface area contributed by atoms with Gasteiger partial charge in [-0.1, -0.05) is 24.1 Å². The number of halogens is 3. The molecule has 0 bridgehead atoms. The molecule has 0 unspecified atom stereocenters. The smallest absolute Gasteiger partial charge is 0.320 e. The van der Waals surface area contributed by atoms with Crippen LogP contribution in [0.4, 0.5) is 18.9 Å². The van der Waals surface area contributed by atoms with E-state index in [0.717, 1.165) is 25.0 Å². The molecule has 0 aliphatic heterocycles. The van der Waals surface area contributed by atoms with E-state index in [1.54, 1.807) is 18.5 Å². The van der Waals surface area contributed by atoms with Crippen LogP contribution in [0.1, 0.15) is 53.0 Å². The van der Waals surface area contributed by atoms with Crippen LogP contribution in [0.2, 0.25) is 0 Å². The minimum atomic E-state index is -4.46. The van der Waals surface area contributed by atoms with Crippen molar-refractivity contribution in [1.29, 1.82) is 0 Å². The first-order valence-corrected chi connectivity index (χ1v) is 8.65. The van der Waals surface area contributed by atoms with Crippen molar-refractivity contribution < 1.29 is 18.0 Å². The second-order valence-corrected chi connectivity index (χ2v) is 6.84. The normalized spacial score (nSPS) is 15.4. The minimum Gasteiger partial charge on any atom is -0.320 e. The lowest BCUT2D eigenvalue weighted by Gasteiger charge is -2.12. The van der Waals surface area contributed by atoms with Gasteiger partial charge in [-0.05, 0) is 50.3 Å². The number of aryl methyl sites for hydroxylation is 1. The molecule has 1 aromatic heterocycles. The molecular formula is C18H21F3N4O. The van der Waals surface area contributed by atoms with Gasteiger partial charge in [-0.15, -0.1) is 5.10 Å². The Morgan fingerprint density at radius 3 is 2.62 bits per heavy atom. The molecular weight excluding hydrogens is 345 g/mol. The first-order valence-electron chi connectivity index (χ1n) is 8.65. The van der Waals surface area contributed by atoms with Crippen molar-refractivity contribution in [2.45, 2.75) is 52.3 Å². The number of benzene rings is 1. The number of rotatable bonds is 4. The minimum absolute atomic E-state index is 0.120. The molecule has 1 aromatic carbocycles. The lowest BCUT2D eigenvalue weighted by Crippen LogP contribution is -2.16. The highest BCUT2D eigenvalue weighted by atomic mass is 19.4. The van der Waals surface area contributed by atoms with E-state index < -0.39 is 17.6 Å². The number of anilines is 1. The predicted octanol–water partition coefficient (Wildman–Crippen LogP) is 4.36. The van der Waals surface area contributed by atoms with Crippen LogP contribution in [0, 0.1) is 19.8 Å². The molecule has 1 fully saturated rings. The molecule has 0 atom stereocenters. The average molecular weight is 366 g/mol. The molecule has 1 aliphatic rings. The summed E-state index contributed by atoms with van der Waals surface area (Å²) in [6.45, 7) is 4.11. The summed E-state index contributed by atoms with van der Waals surface area (Å²) in [5.41, 5.74) is 0.621. The van der Waals surface area contributed by atoms with Crippen LogP contribution < -0.4 is 5.32 Å². The Morgan fingerprint density at radius 1 is 1.27 bits per heavy atom. The number of hydrogen-bond donors (Lipinski definition) is 1. The highest BCUT2D eigenvalue weighted by molar-refractivity contribution is 6.03. The molecule has 140 valence electrons. The lowest BCUT2D eigenvalue weighted by atomic mass is 10.1. The van der Waals surface area contributed by atoms with E-state index in [9.17, 15) is 18.0 Å². The lowest BCUT2D eigenvalue weighted by molar-refractivity contribution is -0.137. The Balaban J connectivity index is 1.77.